The van der Waals surface area contributed by atoms with Crippen molar-refractivity contribution in [1.29, 1.82) is 0 Å². The van der Waals surface area contributed by atoms with Crippen molar-refractivity contribution in [2.24, 2.45) is 0 Å². The monoisotopic (exact) mass is 449 g/mol. The van der Waals surface area contributed by atoms with Gasteiger partial charge < -0.3 is 5.11 Å². The number of benzene rings is 3. The molecule has 0 aliphatic heterocycles. The zero-order valence-corrected chi connectivity index (χ0v) is 18.7. The van der Waals surface area contributed by atoms with Gasteiger partial charge in [0, 0.05) is 12.8 Å². The average Bonchev–Trinajstić information content (AvgIpc) is 3.26. The number of carbonyl (C=O) groups excluding carboxylic acids is 1. The van der Waals surface area contributed by atoms with Crippen LogP contribution in [0.3, 0.4) is 0 Å². The molecule has 0 aliphatic rings. The number of carboxylic acids is 1. The zero-order chi connectivity index (χ0) is 23.9. The Hall–Kier alpha value is -4.50. The van der Waals surface area contributed by atoms with E-state index in [1.807, 2.05) is 67.6 Å². The van der Waals surface area contributed by atoms with Crippen LogP contribution in [-0.4, -0.2) is 31.6 Å². The molecule has 0 saturated carbocycles. The van der Waals surface area contributed by atoms with Gasteiger partial charge in [-0.05, 0) is 34.2 Å². The van der Waals surface area contributed by atoms with Crippen molar-refractivity contribution in [3.63, 3.8) is 0 Å². The van der Waals surface area contributed by atoms with E-state index in [0.717, 1.165) is 16.7 Å². The van der Waals surface area contributed by atoms with Gasteiger partial charge in [0.1, 0.15) is 0 Å². The van der Waals surface area contributed by atoms with Crippen LogP contribution in [0.5, 0.6) is 0 Å². The minimum absolute atomic E-state index is 0.149. The SMILES string of the molecule is CCC#Cc1nc(C(=O)Cc2ccccc2)nn1Cc1ccc(-c2ccccc2C(=O)O)cc1. The van der Waals surface area contributed by atoms with Crippen LogP contribution in [0.4, 0.5) is 0 Å². The molecule has 0 unspecified atom stereocenters. The second-order valence-corrected chi connectivity index (χ2v) is 7.71. The largest absolute Gasteiger partial charge is 0.478 e. The Labute approximate surface area is 197 Å². The minimum atomic E-state index is -0.964. The normalized spacial score (nSPS) is 10.4. The highest BCUT2D eigenvalue weighted by atomic mass is 16.4. The van der Waals surface area contributed by atoms with Gasteiger partial charge in [-0.3, -0.25) is 4.79 Å². The van der Waals surface area contributed by atoms with Gasteiger partial charge >= 0.3 is 5.97 Å². The number of carboxylic acid groups (broad SMARTS) is 1. The Morgan fingerprint density at radius 1 is 0.912 bits per heavy atom. The molecule has 6 nitrogen and oxygen atoms in total. The van der Waals surface area contributed by atoms with Gasteiger partial charge in [-0.2, -0.15) is 4.98 Å². The molecule has 0 radical (unpaired) electrons. The summed E-state index contributed by atoms with van der Waals surface area (Å²) in [5, 5.41) is 13.9. The third kappa shape index (κ3) is 5.28. The molecule has 1 heterocycles. The second kappa shape index (κ2) is 10.4. The summed E-state index contributed by atoms with van der Waals surface area (Å²) < 4.78 is 1.64. The zero-order valence-electron chi connectivity index (χ0n) is 18.7. The molecular formula is C28H23N3O3. The fraction of sp³-hybridized carbons (Fsp3) is 0.143. The fourth-order valence-corrected chi connectivity index (χ4v) is 3.57. The molecule has 4 rings (SSSR count). The first kappa shape index (κ1) is 22.7. The van der Waals surface area contributed by atoms with Gasteiger partial charge in [0.05, 0.1) is 12.1 Å². The smallest absolute Gasteiger partial charge is 0.336 e. The number of ketones is 1. The summed E-state index contributed by atoms with van der Waals surface area (Å²) >= 11 is 0. The molecule has 168 valence electrons. The molecule has 0 saturated heterocycles. The summed E-state index contributed by atoms with van der Waals surface area (Å²) in [6.45, 7) is 2.34. The van der Waals surface area contributed by atoms with E-state index < -0.39 is 5.97 Å². The number of nitrogens with zero attached hydrogens (tertiary/aromatic N) is 3. The van der Waals surface area contributed by atoms with Crippen molar-refractivity contribution in [3.8, 4) is 23.0 Å². The standard InChI is InChI=1S/C28H23N3O3/c1-2-3-13-26-29-27(25(32)18-20-9-5-4-6-10-20)30-31(26)19-21-14-16-22(17-15-21)23-11-7-8-12-24(23)28(33)34/h4-12,14-17H,2,18-19H2,1H3,(H,33,34). The van der Waals surface area contributed by atoms with Gasteiger partial charge in [0.25, 0.3) is 0 Å². The number of Topliss-reactive ketones (excluding diaryl/α,β-unsaturated/α-hetero) is 1. The maximum atomic E-state index is 12.8. The van der Waals surface area contributed by atoms with Crippen LogP contribution in [-0.2, 0) is 13.0 Å². The van der Waals surface area contributed by atoms with Gasteiger partial charge in [-0.25, -0.2) is 9.48 Å². The Bertz CT molecular complexity index is 1380. The van der Waals surface area contributed by atoms with Crippen molar-refractivity contribution in [2.45, 2.75) is 26.3 Å². The molecule has 4 aromatic rings. The molecule has 34 heavy (non-hydrogen) atoms. The van der Waals surface area contributed by atoms with E-state index in [1.54, 1.807) is 22.9 Å². The van der Waals surface area contributed by atoms with Crippen LogP contribution in [0.2, 0.25) is 0 Å². The summed E-state index contributed by atoms with van der Waals surface area (Å²) in [6, 6.07) is 24.0. The van der Waals surface area contributed by atoms with E-state index >= 15 is 0 Å². The second-order valence-electron chi connectivity index (χ2n) is 7.71. The molecule has 0 bridgehead atoms. The van der Waals surface area contributed by atoms with E-state index in [2.05, 4.69) is 21.9 Å². The number of hydrogen-bond donors (Lipinski definition) is 1. The predicted molar refractivity (Wildman–Crippen MR) is 130 cm³/mol. The summed E-state index contributed by atoms with van der Waals surface area (Å²) in [4.78, 5) is 28.7. The van der Waals surface area contributed by atoms with Crippen molar-refractivity contribution in [1.82, 2.24) is 14.8 Å². The van der Waals surface area contributed by atoms with E-state index in [9.17, 15) is 14.7 Å². The fourth-order valence-electron chi connectivity index (χ4n) is 3.57. The molecule has 0 aliphatic carbocycles. The van der Waals surface area contributed by atoms with Crippen LogP contribution < -0.4 is 0 Å². The first-order valence-electron chi connectivity index (χ1n) is 11.0. The maximum absolute atomic E-state index is 12.8. The average molecular weight is 450 g/mol. The molecule has 6 heteroatoms. The number of aromatic carboxylic acids is 1. The quantitative estimate of drug-likeness (QED) is 0.321. The summed E-state index contributed by atoms with van der Waals surface area (Å²) in [5.74, 6) is 5.47. The minimum Gasteiger partial charge on any atom is -0.478 e. The molecule has 1 N–H and O–H groups in total. The number of rotatable bonds is 7. The molecular weight excluding hydrogens is 426 g/mol. The molecule has 0 amide bonds. The van der Waals surface area contributed by atoms with Crippen LogP contribution in [0, 0.1) is 11.8 Å². The van der Waals surface area contributed by atoms with Crippen LogP contribution in [0.1, 0.15) is 51.3 Å². The molecule has 3 aromatic carbocycles. The molecule has 0 fully saturated rings. The third-order valence-corrected chi connectivity index (χ3v) is 5.26. The van der Waals surface area contributed by atoms with E-state index in [-0.39, 0.29) is 23.6 Å². The van der Waals surface area contributed by atoms with E-state index in [0.29, 0.717) is 24.4 Å². The maximum Gasteiger partial charge on any atom is 0.336 e. The predicted octanol–water partition coefficient (Wildman–Crippen LogP) is 4.88. The third-order valence-electron chi connectivity index (χ3n) is 5.26. The first-order chi connectivity index (χ1) is 16.5. The Balaban J connectivity index is 1.58. The van der Waals surface area contributed by atoms with Gasteiger partial charge in [0.2, 0.25) is 17.4 Å². The Morgan fingerprint density at radius 2 is 1.62 bits per heavy atom. The van der Waals surface area contributed by atoms with E-state index in [4.69, 9.17) is 0 Å². The summed E-state index contributed by atoms with van der Waals surface area (Å²) in [6.07, 6.45) is 0.890. The molecule has 0 atom stereocenters. The summed E-state index contributed by atoms with van der Waals surface area (Å²) in [7, 11) is 0. The van der Waals surface area contributed by atoms with Gasteiger partial charge in [0.15, 0.2) is 0 Å². The topological polar surface area (TPSA) is 85.1 Å². The lowest BCUT2D eigenvalue weighted by molar-refractivity contribution is 0.0697. The van der Waals surface area contributed by atoms with Crippen molar-refractivity contribution in [2.75, 3.05) is 0 Å². The van der Waals surface area contributed by atoms with Gasteiger partial charge in [-0.15, -0.1) is 5.10 Å². The Morgan fingerprint density at radius 3 is 2.32 bits per heavy atom. The highest BCUT2D eigenvalue weighted by Crippen LogP contribution is 2.24. The highest BCUT2D eigenvalue weighted by Gasteiger charge is 2.17. The molecule has 0 spiro atoms. The van der Waals surface area contributed by atoms with Crippen LogP contribution in [0.25, 0.3) is 11.1 Å². The highest BCUT2D eigenvalue weighted by molar-refractivity contribution is 5.96. The first-order valence-corrected chi connectivity index (χ1v) is 11.0. The van der Waals surface area contributed by atoms with Crippen LogP contribution >= 0.6 is 0 Å². The summed E-state index contributed by atoms with van der Waals surface area (Å²) in [5.41, 5.74) is 3.56. The Kier molecular flexibility index (Phi) is 6.95. The van der Waals surface area contributed by atoms with E-state index in [1.165, 1.54) is 0 Å². The number of hydrogen-bond acceptors (Lipinski definition) is 4. The number of carbonyl (C=O) groups is 2. The lowest BCUT2D eigenvalue weighted by atomic mass is 9.99. The van der Waals surface area contributed by atoms with Crippen LogP contribution in [0.15, 0.2) is 78.9 Å². The van der Waals surface area contributed by atoms with Gasteiger partial charge in [-0.1, -0.05) is 85.6 Å². The molecule has 1 aromatic heterocycles. The lowest BCUT2D eigenvalue weighted by Crippen LogP contribution is -2.08. The number of aromatic nitrogens is 3. The lowest BCUT2D eigenvalue weighted by Gasteiger charge is -2.08. The van der Waals surface area contributed by atoms with Crippen molar-refractivity contribution >= 4 is 11.8 Å². The van der Waals surface area contributed by atoms with Crippen molar-refractivity contribution < 1.29 is 14.7 Å². The van der Waals surface area contributed by atoms with Crippen molar-refractivity contribution in [3.05, 3.63) is 107 Å².